The molecule has 0 radical (unpaired) electrons. The summed E-state index contributed by atoms with van der Waals surface area (Å²) < 4.78 is 17.9. The molecule has 23 heavy (non-hydrogen) atoms. The van der Waals surface area contributed by atoms with Gasteiger partial charge < -0.3 is 18.6 Å². The zero-order valence-electron chi connectivity index (χ0n) is 13.3. The van der Waals surface area contributed by atoms with Gasteiger partial charge in [0.15, 0.2) is 11.5 Å². The number of methoxy groups -OCH3 is 2. The van der Waals surface area contributed by atoms with Crippen LogP contribution >= 0.6 is 0 Å². The maximum absolute atomic E-state index is 5.34. The van der Waals surface area contributed by atoms with Gasteiger partial charge in [0, 0.05) is 24.4 Å². The first kappa shape index (κ1) is 15.1. The summed E-state index contributed by atoms with van der Waals surface area (Å²) in [5.74, 6) is 3.31. The fourth-order valence-electron chi connectivity index (χ4n) is 2.36. The third-order valence-corrected chi connectivity index (χ3v) is 3.53. The van der Waals surface area contributed by atoms with Crippen LogP contribution in [0, 0.1) is 0 Å². The van der Waals surface area contributed by atoms with Crippen LogP contribution in [0.15, 0.2) is 35.1 Å². The Kier molecular flexibility index (Phi) is 4.27. The summed E-state index contributed by atoms with van der Waals surface area (Å²) in [7, 11) is 3.19. The summed E-state index contributed by atoms with van der Waals surface area (Å²) in [4.78, 5) is 8.72. The minimum atomic E-state index is 0.503. The first-order valence-electron chi connectivity index (χ1n) is 7.30. The number of benzene rings is 1. The highest BCUT2D eigenvalue weighted by atomic mass is 16.5. The van der Waals surface area contributed by atoms with Gasteiger partial charge in [0.05, 0.1) is 14.2 Å². The van der Waals surface area contributed by atoms with Crippen LogP contribution in [0.5, 0.6) is 11.5 Å². The predicted molar refractivity (Wildman–Crippen MR) is 83.5 cm³/mol. The first-order valence-corrected chi connectivity index (χ1v) is 7.30. The monoisotopic (exact) mass is 314 g/mol. The lowest BCUT2D eigenvalue weighted by Gasteiger charge is -2.07. The molecule has 120 valence electrons. The lowest BCUT2D eigenvalue weighted by molar-refractivity contribution is 0.355. The van der Waals surface area contributed by atoms with E-state index in [1.54, 1.807) is 20.4 Å². The van der Waals surface area contributed by atoms with Gasteiger partial charge in [-0.1, -0.05) is 12.1 Å². The van der Waals surface area contributed by atoms with Gasteiger partial charge >= 0.3 is 0 Å². The Bertz CT molecular complexity index is 794. The molecule has 0 aliphatic carbocycles. The molecule has 0 aliphatic heterocycles. The molecule has 3 aromatic rings. The van der Waals surface area contributed by atoms with Crippen molar-refractivity contribution in [2.45, 2.75) is 19.9 Å². The van der Waals surface area contributed by atoms with Crippen LogP contribution in [-0.4, -0.2) is 33.9 Å². The van der Waals surface area contributed by atoms with Crippen molar-refractivity contribution in [3.05, 3.63) is 42.3 Å². The van der Waals surface area contributed by atoms with E-state index in [1.165, 1.54) is 0 Å². The van der Waals surface area contributed by atoms with E-state index in [4.69, 9.17) is 14.0 Å². The molecule has 0 N–H and O–H groups in total. The zero-order valence-corrected chi connectivity index (χ0v) is 13.3. The van der Waals surface area contributed by atoms with Crippen molar-refractivity contribution in [1.82, 2.24) is 19.7 Å². The Balaban J connectivity index is 1.84. The standard InChI is InChI=1S/C16H18N4O3/c1-4-14-17-7-8-20(14)10-15-18-16(19-23-15)11-5-6-12(21-2)13(9-11)22-3/h5-9H,4,10H2,1-3H3. The maximum atomic E-state index is 5.34. The van der Waals surface area contributed by atoms with Gasteiger partial charge in [-0.15, -0.1) is 0 Å². The van der Waals surface area contributed by atoms with E-state index in [2.05, 4.69) is 22.0 Å². The lowest BCUT2D eigenvalue weighted by atomic mass is 10.2. The predicted octanol–water partition coefficient (Wildman–Crippen LogP) is 2.56. The molecule has 7 heteroatoms. The van der Waals surface area contributed by atoms with Crippen LogP contribution < -0.4 is 9.47 Å². The third kappa shape index (κ3) is 3.03. The van der Waals surface area contributed by atoms with Crippen LogP contribution in [0.4, 0.5) is 0 Å². The highest BCUT2D eigenvalue weighted by molar-refractivity contribution is 5.60. The van der Waals surface area contributed by atoms with Gasteiger partial charge in [0.1, 0.15) is 12.4 Å². The highest BCUT2D eigenvalue weighted by Gasteiger charge is 2.13. The van der Waals surface area contributed by atoms with Crippen molar-refractivity contribution in [1.29, 1.82) is 0 Å². The van der Waals surface area contributed by atoms with Crippen LogP contribution in [0.25, 0.3) is 11.4 Å². The number of ether oxygens (including phenoxy) is 2. The van der Waals surface area contributed by atoms with Crippen LogP contribution in [-0.2, 0) is 13.0 Å². The molecule has 0 fully saturated rings. The van der Waals surface area contributed by atoms with Crippen molar-refractivity contribution in [2.24, 2.45) is 0 Å². The average molecular weight is 314 g/mol. The second-order valence-electron chi connectivity index (χ2n) is 4.91. The van der Waals surface area contributed by atoms with Crippen molar-refractivity contribution in [2.75, 3.05) is 14.2 Å². The molecular formula is C16H18N4O3. The van der Waals surface area contributed by atoms with Crippen molar-refractivity contribution < 1.29 is 14.0 Å². The van der Waals surface area contributed by atoms with E-state index in [0.29, 0.717) is 29.8 Å². The summed E-state index contributed by atoms with van der Waals surface area (Å²) in [6, 6.07) is 5.50. The summed E-state index contributed by atoms with van der Waals surface area (Å²) in [6.07, 6.45) is 4.52. The molecule has 1 aromatic carbocycles. The number of nitrogens with zero attached hydrogens (tertiary/aromatic N) is 4. The smallest absolute Gasteiger partial charge is 0.246 e. The molecule has 0 saturated heterocycles. The maximum Gasteiger partial charge on any atom is 0.246 e. The number of imidazole rings is 1. The Hall–Kier alpha value is -2.83. The quantitative estimate of drug-likeness (QED) is 0.696. The molecule has 3 rings (SSSR count). The van der Waals surface area contributed by atoms with E-state index in [0.717, 1.165) is 17.8 Å². The number of rotatable bonds is 6. The molecule has 2 aromatic heterocycles. The Morgan fingerprint density at radius 1 is 1.17 bits per heavy atom. The van der Waals surface area contributed by atoms with E-state index < -0.39 is 0 Å². The molecule has 0 atom stereocenters. The normalized spacial score (nSPS) is 10.7. The SMILES string of the molecule is CCc1nccn1Cc1nc(-c2ccc(OC)c(OC)c2)no1. The zero-order chi connectivity index (χ0) is 16.2. The van der Waals surface area contributed by atoms with Gasteiger partial charge in [-0.05, 0) is 18.2 Å². The van der Waals surface area contributed by atoms with Crippen molar-refractivity contribution in [3.8, 4) is 22.9 Å². The van der Waals surface area contributed by atoms with Gasteiger partial charge in [-0.2, -0.15) is 4.98 Å². The summed E-state index contributed by atoms with van der Waals surface area (Å²) >= 11 is 0. The van der Waals surface area contributed by atoms with Crippen LogP contribution in [0.3, 0.4) is 0 Å². The molecule has 0 amide bonds. The van der Waals surface area contributed by atoms with Gasteiger partial charge in [-0.25, -0.2) is 4.98 Å². The molecular weight excluding hydrogens is 296 g/mol. The molecule has 2 heterocycles. The van der Waals surface area contributed by atoms with E-state index in [-0.39, 0.29) is 0 Å². The average Bonchev–Trinajstić information content (AvgIpc) is 3.23. The summed E-state index contributed by atoms with van der Waals surface area (Å²) in [6.45, 7) is 2.56. The Morgan fingerprint density at radius 3 is 2.74 bits per heavy atom. The topological polar surface area (TPSA) is 75.2 Å². The minimum Gasteiger partial charge on any atom is -0.493 e. The van der Waals surface area contributed by atoms with Gasteiger partial charge in [0.25, 0.3) is 0 Å². The molecule has 0 saturated carbocycles. The van der Waals surface area contributed by atoms with E-state index >= 15 is 0 Å². The fraction of sp³-hybridized carbons (Fsp3) is 0.312. The van der Waals surface area contributed by atoms with E-state index in [9.17, 15) is 0 Å². The molecule has 0 unspecified atom stereocenters. The minimum absolute atomic E-state index is 0.503. The number of aryl methyl sites for hydroxylation is 1. The highest BCUT2D eigenvalue weighted by Crippen LogP contribution is 2.31. The van der Waals surface area contributed by atoms with Crippen LogP contribution in [0.2, 0.25) is 0 Å². The van der Waals surface area contributed by atoms with Crippen LogP contribution in [0.1, 0.15) is 18.6 Å². The summed E-state index contributed by atoms with van der Waals surface area (Å²) in [5, 5.41) is 4.04. The van der Waals surface area contributed by atoms with Gasteiger partial charge in [-0.3, -0.25) is 0 Å². The van der Waals surface area contributed by atoms with Gasteiger partial charge in [0.2, 0.25) is 11.7 Å². The Morgan fingerprint density at radius 2 is 2.00 bits per heavy atom. The number of aromatic nitrogens is 4. The largest absolute Gasteiger partial charge is 0.493 e. The lowest BCUT2D eigenvalue weighted by Crippen LogP contribution is -2.03. The number of hydrogen-bond donors (Lipinski definition) is 0. The Labute approximate surface area is 133 Å². The second kappa shape index (κ2) is 6.51. The third-order valence-electron chi connectivity index (χ3n) is 3.53. The van der Waals surface area contributed by atoms with Crippen molar-refractivity contribution >= 4 is 0 Å². The molecule has 0 bridgehead atoms. The summed E-state index contributed by atoms with van der Waals surface area (Å²) in [5.41, 5.74) is 0.805. The van der Waals surface area contributed by atoms with Crippen molar-refractivity contribution in [3.63, 3.8) is 0 Å². The van der Waals surface area contributed by atoms with E-state index in [1.807, 2.05) is 29.0 Å². The fourth-order valence-corrected chi connectivity index (χ4v) is 2.36. The second-order valence-corrected chi connectivity index (χ2v) is 4.91. The molecule has 0 aliphatic rings. The number of hydrogen-bond acceptors (Lipinski definition) is 6. The molecule has 0 spiro atoms. The molecule has 7 nitrogen and oxygen atoms in total. The first-order chi connectivity index (χ1) is 11.2.